The molecule has 3 N–H and O–H groups in total. The maximum absolute atomic E-state index is 10.1. The molecule has 1 aliphatic rings. The Hall–Kier alpha value is -1.69. The second-order valence-electron chi connectivity index (χ2n) is 3.48. The van der Waals surface area contributed by atoms with Crippen molar-refractivity contribution in [3.8, 4) is 0 Å². The summed E-state index contributed by atoms with van der Waals surface area (Å²) in [4.78, 5) is 13.1. The van der Waals surface area contributed by atoms with Crippen LogP contribution in [-0.4, -0.2) is 23.0 Å². The molecular weight excluding hydrogens is 208 g/mol. The molecule has 0 aromatic carbocycles. The molecule has 2 heterocycles. The minimum atomic E-state index is -0.567. The van der Waals surface area contributed by atoms with Gasteiger partial charge in [-0.05, 0) is 32.0 Å². The van der Waals surface area contributed by atoms with Gasteiger partial charge in [0.25, 0.3) is 0 Å². The van der Waals surface area contributed by atoms with Crippen LogP contribution in [-0.2, 0) is 0 Å². The van der Waals surface area contributed by atoms with Gasteiger partial charge in [0.15, 0.2) is 0 Å². The third kappa shape index (κ3) is 4.22. The lowest BCUT2D eigenvalue weighted by Crippen LogP contribution is -2.21. The number of aromatic nitrogens is 1. The fraction of sp³-hybridized carbons (Fsp3) is 0.500. The van der Waals surface area contributed by atoms with Gasteiger partial charge in [-0.15, -0.1) is 0 Å². The van der Waals surface area contributed by atoms with Gasteiger partial charge in [0.1, 0.15) is 0 Å². The first-order valence-corrected chi connectivity index (χ1v) is 5.27. The average Bonchev–Trinajstić information content (AvgIpc) is 2.32. The Kier molecular flexibility index (Phi) is 5.21. The zero-order valence-electron chi connectivity index (χ0n) is 9.06. The molecule has 1 fully saturated rings. The van der Waals surface area contributed by atoms with Crippen LogP contribution in [0.3, 0.4) is 0 Å². The summed E-state index contributed by atoms with van der Waals surface area (Å²) in [5, 5.41) is 13.4. The van der Waals surface area contributed by atoms with E-state index in [2.05, 4.69) is 10.3 Å². The fourth-order valence-corrected chi connectivity index (χ4v) is 1.37. The summed E-state index contributed by atoms with van der Waals surface area (Å²) in [5.41, 5.74) is 5.02. The molecule has 0 saturated carbocycles. The fourth-order valence-electron chi connectivity index (χ4n) is 1.37. The Morgan fingerprint density at radius 1 is 1.38 bits per heavy atom. The highest BCUT2D eigenvalue weighted by Gasteiger charge is 2.08. The summed E-state index contributed by atoms with van der Waals surface area (Å²) < 4.78 is 0. The van der Waals surface area contributed by atoms with Crippen LogP contribution < -0.4 is 11.1 Å². The van der Waals surface area contributed by atoms with E-state index in [0.717, 1.165) is 0 Å². The summed E-state index contributed by atoms with van der Waals surface area (Å²) in [6.45, 7) is 2.50. The SMILES string of the molecule is C1CCNCC1.Nc1ncccc1[N+](=O)[O-]. The molecule has 0 radical (unpaired) electrons. The van der Waals surface area contributed by atoms with Gasteiger partial charge in [-0.25, -0.2) is 4.98 Å². The maximum atomic E-state index is 10.1. The van der Waals surface area contributed by atoms with Gasteiger partial charge in [0, 0.05) is 12.3 Å². The average molecular weight is 224 g/mol. The van der Waals surface area contributed by atoms with E-state index in [-0.39, 0.29) is 11.5 Å². The van der Waals surface area contributed by atoms with Gasteiger partial charge in [0.05, 0.1) is 4.92 Å². The van der Waals surface area contributed by atoms with Gasteiger partial charge in [-0.3, -0.25) is 10.1 Å². The molecule has 6 nitrogen and oxygen atoms in total. The van der Waals surface area contributed by atoms with Crippen molar-refractivity contribution in [1.29, 1.82) is 0 Å². The molecule has 0 bridgehead atoms. The molecule has 1 aliphatic heterocycles. The lowest BCUT2D eigenvalue weighted by atomic mass is 10.2. The molecular formula is C10H16N4O2. The zero-order valence-corrected chi connectivity index (χ0v) is 9.06. The summed E-state index contributed by atoms with van der Waals surface area (Å²) in [6, 6.07) is 2.77. The van der Waals surface area contributed by atoms with Crippen LogP contribution in [0.2, 0.25) is 0 Å². The molecule has 1 saturated heterocycles. The molecule has 0 aliphatic carbocycles. The highest BCUT2D eigenvalue weighted by Crippen LogP contribution is 2.15. The van der Waals surface area contributed by atoms with E-state index in [0.29, 0.717) is 0 Å². The number of piperidine rings is 1. The van der Waals surface area contributed by atoms with E-state index in [1.165, 1.54) is 50.7 Å². The van der Waals surface area contributed by atoms with Crippen LogP contribution in [0.5, 0.6) is 0 Å². The molecule has 0 amide bonds. The predicted molar refractivity (Wildman–Crippen MR) is 62.0 cm³/mol. The van der Waals surface area contributed by atoms with Gasteiger partial charge in [0.2, 0.25) is 5.82 Å². The summed E-state index contributed by atoms with van der Waals surface area (Å²) in [7, 11) is 0. The third-order valence-electron chi connectivity index (χ3n) is 2.22. The first-order valence-electron chi connectivity index (χ1n) is 5.27. The van der Waals surface area contributed by atoms with E-state index in [4.69, 9.17) is 5.73 Å². The third-order valence-corrected chi connectivity index (χ3v) is 2.22. The summed E-state index contributed by atoms with van der Waals surface area (Å²) >= 11 is 0. The normalized spacial score (nSPS) is 14.8. The number of nitrogen functional groups attached to an aromatic ring is 1. The van der Waals surface area contributed by atoms with Crippen molar-refractivity contribution < 1.29 is 4.92 Å². The molecule has 16 heavy (non-hydrogen) atoms. The number of hydrogen-bond donors (Lipinski definition) is 2. The quantitative estimate of drug-likeness (QED) is 0.554. The van der Waals surface area contributed by atoms with Crippen LogP contribution in [0.15, 0.2) is 18.3 Å². The Balaban J connectivity index is 0.000000181. The molecule has 1 aromatic heterocycles. The van der Waals surface area contributed by atoms with E-state index in [1.807, 2.05) is 0 Å². The highest BCUT2D eigenvalue weighted by molar-refractivity contribution is 5.50. The molecule has 0 atom stereocenters. The van der Waals surface area contributed by atoms with Crippen LogP contribution >= 0.6 is 0 Å². The van der Waals surface area contributed by atoms with Crippen molar-refractivity contribution in [2.75, 3.05) is 18.8 Å². The lowest BCUT2D eigenvalue weighted by molar-refractivity contribution is -0.384. The number of nitrogens with zero attached hydrogens (tertiary/aromatic N) is 2. The van der Waals surface area contributed by atoms with Crippen molar-refractivity contribution in [2.45, 2.75) is 19.3 Å². The van der Waals surface area contributed by atoms with Crippen LogP contribution in [0.4, 0.5) is 11.5 Å². The van der Waals surface area contributed by atoms with Crippen molar-refractivity contribution in [2.24, 2.45) is 0 Å². The highest BCUT2D eigenvalue weighted by atomic mass is 16.6. The van der Waals surface area contributed by atoms with Crippen molar-refractivity contribution in [3.63, 3.8) is 0 Å². The van der Waals surface area contributed by atoms with Crippen molar-refractivity contribution in [3.05, 3.63) is 28.4 Å². The summed E-state index contributed by atoms with van der Waals surface area (Å²) in [6.07, 6.45) is 5.62. The molecule has 2 rings (SSSR count). The van der Waals surface area contributed by atoms with E-state index < -0.39 is 4.92 Å². The number of rotatable bonds is 1. The van der Waals surface area contributed by atoms with Gasteiger partial charge in [-0.2, -0.15) is 0 Å². The number of hydrogen-bond acceptors (Lipinski definition) is 5. The van der Waals surface area contributed by atoms with E-state index in [1.54, 1.807) is 0 Å². The van der Waals surface area contributed by atoms with Crippen molar-refractivity contribution in [1.82, 2.24) is 10.3 Å². The largest absolute Gasteiger partial charge is 0.378 e. The van der Waals surface area contributed by atoms with Crippen LogP contribution in [0.25, 0.3) is 0 Å². The van der Waals surface area contributed by atoms with E-state index >= 15 is 0 Å². The zero-order chi connectivity index (χ0) is 11.8. The maximum Gasteiger partial charge on any atom is 0.311 e. The minimum absolute atomic E-state index is 0.0486. The Morgan fingerprint density at radius 2 is 2.06 bits per heavy atom. The van der Waals surface area contributed by atoms with E-state index in [9.17, 15) is 10.1 Å². The first kappa shape index (κ1) is 12.4. The van der Waals surface area contributed by atoms with Gasteiger partial charge < -0.3 is 11.1 Å². The molecule has 6 heteroatoms. The number of nitrogens with one attached hydrogen (secondary N) is 1. The standard InChI is InChI=1S/C5H5N3O2.C5H11N/c6-5-4(8(9)10)2-1-3-7-5;1-2-4-6-5-3-1/h1-3H,(H2,6,7);6H,1-5H2. The summed E-state index contributed by atoms with van der Waals surface area (Å²) in [5.74, 6) is -0.0486. The van der Waals surface area contributed by atoms with Gasteiger partial charge in [-0.1, -0.05) is 6.42 Å². The molecule has 88 valence electrons. The molecule has 0 unspecified atom stereocenters. The Bertz CT molecular complexity index is 328. The van der Waals surface area contributed by atoms with Crippen LogP contribution in [0, 0.1) is 10.1 Å². The minimum Gasteiger partial charge on any atom is -0.378 e. The second kappa shape index (κ2) is 6.73. The number of pyridine rings is 1. The number of nitro groups is 1. The van der Waals surface area contributed by atoms with Crippen molar-refractivity contribution >= 4 is 11.5 Å². The Morgan fingerprint density at radius 3 is 2.38 bits per heavy atom. The first-order chi connectivity index (χ1) is 7.72. The number of nitrogens with two attached hydrogens (primary N) is 1. The molecule has 1 aromatic rings. The lowest BCUT2D eigenvalue weighted by Gasteiger charge is -2.08. The molecule has 0 spiro atoms. The second-order valence-corrected chi connectivity index (χ2v) is 3.48. The predicted octanol–water partition coefficient (Wildman–Crippen LogP) is 1.33. The Labute approximate surface area is 94.0 Å². The number of anilines is 1. The topological polar surface area (TPSA) is 94.1 Å². The van der Waals surface area contributed by atoms with Crippen LogP contribution in [0.1, 0.15) is 19.3 Å². The monoisotopic (exact) mass is 224 g/mol. The van der Waals surface area contributed by atoms with Gasteiger partial charge >= 0.3 is 5.69 Å². The smallest absolute Gasteiger partial charge is 0.311 e.